The van der Waals surface area contributed by atoms with E-state index in [1.165, 1.54) is 30.3 Å². The summed E-state index contributed by atoms with van der Waals surface area (Å²) in [6, 6.07) is 7.90. The van der Waals surface area contributed by atoms with Gasteiger partial charge in [-0.15, -0.1) is 0 Å². The Morgan fingerprint density at radius 3 is 2.37 bits per heavy atom. The molecule has 1 amide bonds. The summed E-state index contributed by atoms with van der Waals surface area (Å²) in [7, 11) is 0. The minimum absolute atomic E-state index is 0.00116. The third-order valence-corrected chi connectivity index (χ3v) is 2.85. The van der Waals surface area contributed by atoms with Crippen LogP contribution in [0.4, 0.5) is 10.1 Å². The predicted molar refractivity (Wildman–Crippen MR) is 72.5 cm³/mol. The molecule has 0 aliphatic heterocycles. The molecule has 6 heteroatoms. The molecule has 0 fully saturated rings. The van der Waals surface area contributed by atoms with Crippen molar-refractivity contribution in [3.05, 3.63) is 57.8 Å². The summed E-state index contributed by atoms with van der Waals surface area (Å²) in [4.78, 5) is 11.9. The van der Waals surface area contributed by atoms with E-state index in [1.54, 1.807) is 0 Å². The van der Waals surface area contributed by atoms with E-state index in [-0.39, 0.29) is 22.0 Å². The van der Waals surface area contributed by atoms with Crippen molar-refractivity contribution in [3.63, 3.8) is 0 Å². The van der Waals surface area contributed by atoms with E-state index in [0.29, 0.717) is 5.02 Å². The largest absolute Gasteiger partial charge is 0.507 e. The number of hydrogen-bond acceptors (Lipinski definition) is 2. The Labute approximate surface area is 118 Å². The number of benzene rings is 2. The van der Waals surface area contributed by atoms with Gasteiger partial charge >= 0.3 is 0 Å². The fourth-order valence-electron chi connectivity index (χ4n) is 1.48. The first-order valence-electron chi connectivity index (χ1n) is 5.22. The number of carbonyl (C=O) groups excluding carboxylic acids is 1. The maximum Gasteiger partial charge on any atom is 0.259 e. The smallest absolute Gasteiger partial charge is 0.259 e. The minimum atomic E-state index is -0.658. The van der Waals surface area contributed by atoms with Crippen LogP contribution in [0.15, 0.2) is 36.4 Å². The lowest BCUT2D eigenvalue weighted by Crippen LogP contribution is -2.13. The van der Waals surface area contributed by atoms with Crippen LogP contribution in [0.1, 0.15) is 10.4 Å². The molecule has 0 spiro atoms. The number of rotatable bonds is 2. The zero-order valence-electron chi connectivity index (χ0n) is 9.45. The lowest BCUT2D eigenvalue weighted by Gasteiger charge is -2.08. The highest BCUT2D eigenvalue weighted by atomic mass is 35.5. The van der Waals surface area contributed by atoms with Crippen molar-refractivity contribution in [2.24, 2.45) is 0 Å². The zero-order chi connectivity index (χ0) is 14.0. The van der Waals surface area contributed by atoms with Gasteiger partial charge in [0.25, 0.3) is 5.91 Å². The molecule has 0 atom stereocenters. The van der Waals surface area contributed by atoms with Crippen molar-refractivity contribution in [3.8, 4) is 5.75 Å². The van der Waals surface area contributed by atoms with E-state index in [2.05, 4.69) is 5.32 Å². The minimum Gasteiger partial charge on any atom is -0.507 e. The van der Waals surface area contributed by atoms with E-state index in [0.717, 1.165) is 6.07 Å². The third-order valence-electron chi connectivity index (χ3n) is 2.38. The summed E-state index contributed by atoms with van der Waals surface area (Å²) < 4.78 is 13.5. The summed E-state index contributed by atoms with van der Waals surface area (Å²) in [5.41, 5.74) is -0.0255. The number of amides is 1. The molecule has 0 bridgehead atoms. The van der Waals surface area contributed by atoms with E-state index < -0.39 is 11.7 Å². The van der Waals surface area contributed by atoms with Gasteiger partial charge in [0.05, 0.1) is 11.3 Å². The van der Waals surface area contributed by atoms with E-state index in [1.807, 2.05) is 0 Å². The second-order valence-corrected chi connectivity index (χ2v) is 4.61. The summed E-state index contributed by atoms with van der Waals surface area (Å²) in [6.45, 7) is 0. The Hall–Kier alpha value is -1.78. The number of nitrogens with one attached hydrogen (secondary N) is 1. The molecule has 0 heterocycles. The van der Waals surface area contributed by atoms with Crippen LogP contribution in [0, 0.1) is 5.82 Å². The van der Waals surface area contributed by atoms with Crippen LogP contribution >= 0.6 is 23.2 Å². The summed E-state index contributed by atoms with van der Waals surface area (Å²) >= 11 is 11.3. The first-order valence-corrected chi connectivity index (χ1v) is 5.98. The van der Waals surface area contributed by atoms with Crippen LogP contribution in [0.25, 0.3) is 0 Å². The zero-order valence-corrected chi connectivity index (χ0v) is 11.0. The standard InChI is InChI=1S/C13H8Cl2FNO2/c14-7-2-4-11(10(16)5-7)17-13(19)9-3-1-8(15)6-12(9)18/h1-6,18H,(H,17,19). The van der Waals surface area contributed by atoms with Crippen LogP contribution < -0.4 is 5.32 Å². The number of aromatic hydroxyl groups is 1. The highest BCUT2D eigenvalue weighted by Gasteiger charge is 2.13. The molecule has 0 aromatic heterocycles. The Morgan fingerprint density at radius 2 is 1.74 bits per heavy atom. The fraction of sp³-hybridized carbons (Fsp3) is 0. The molecule has 2 aromatic carbocycles. The topological polar surface area (TPSA) is 49.3 Å². The van der Waals surface area contributed by atoms with Crippen LogP contribution in [0.3, 0.4) is 0 Å². The Bertz CT molecular complexity index is 647. The first kappa shape index (κ1) is 13.6. The number of carbonyl (C=O) groups is 1. The molecule has 98 valence electrons. The molecule has 0 aliphatic carbocycles. The van der Waals surface area contributed by atoms with Gasteiger partial charge < -0.3 is 10.4 Å². The van der Waals surface area contributed by atoms with Crippen LogP contribution in [-0.2, 0) is 0 Å². The molecule has 0 aliphatic rings. The van der Waals surface area contributed by atoms with Gasteiger partial charge in [0, 0.05) is 10.0 Å². The van der Waals surface area contributed by atoms with Crippen molar-refractivity contribution >= 4 is 34.8 Å². The SMILES string of the molecule is O=C(Nc1ccc(Cl)cc1F)c1ccc(Cl)cc1O. The molecule has 0 radical (unpaired) electrons. The molecule has 2 rings (SSSR count). The van der Waals surface area contributed by atoms with Gasteiger partial charge in [-0.05, 0) is 36.4 Å². The number of anilines is 1. The summed E-state index contributed by atoms with van der Waals surface area (Å²) in [5.74, 6) is -1.58. The molecule has 0 saturated heterocycles. The van der Waals surface area contributed by atoms with Crippen molar-refractivity contribution in [2.75, 3.05) is 5.32 Å². The average molecular weight is 300 g/mol. The van der Waals surface area contributed by atoms with Gasteiger partial charge in [0.15, 0.2) is 0 Å². The predicted octanol–water partition coefficient (Wildman–Crippen LogP) is 4.09. The maximum atomic E-state index is 13.5. The number of halogens is 3. The van der Waals surface area contributed by atoms with E-state index in [4.69, 9.17) is 23.2 Å². The lowest BCUT2D eigenvalue weighted by molar-refractivity contribution is 0.102. The van der Waals surface area contributed by atoms with Crippen LogP contribution in [-0.4, -0.2) is 11.0 Å². The highest BCUT2D eigenvalue weighted by Crippen LogP contribution is 2.24. The van der Waals surface area contributed by atoms with Crippen LogP contribution in [0.5, 0.6) is 5.75 Å². The molecular formula is C13H8Cl2FNO2. The first-order chi connectivity index (χ1) is 8.97. The highest BCUT2D eigenvalue weighted by molar-refractivity contribution is 6.31. The summed E-state index contributed by atoms with van der Waals surface area (Å²) in [6.07, 6.45) is 0. The lowest BCUT2D eigenvalue weighted by atomic mass is 10.2. The van der Waals surface area contributed by atoms with Crippen molar-refractivity contribution in [1.29, 1.82) is 0 Å². The van der Waals surface area contributed by atoms with Crippen LogP contribution in [0.2, 0.25) is 10.0 Å². The van der Waals surface area contributed by atoms with Gasteiger partial charge in [-0.3, -0.25) is 4.79 Å². The Morgan fingerprint density at radius 1 is 1.11 bits per heavy atom. The van der Waals surface area contributed by atoms with Gasteiger partial charge in [-0.1, -0.05) is 23.2 Å². The fourth-order valence-corrected chi connectivity index (χ4v) is 1.80. The number of phenolic OH excluding ortho intramolecular Hbond substituents is 1. The monoisotopic (exact) mass is 299 g/mol. The van der Waals surface area contributed by atoms with Crippen molar-refractivity contribution < 1.29 is 14.3 Å². The Kier molecular flexibility index (Phi) is 3.93. The van der Waals surface area contributed by atoms with Crippen molar-refractivity contribution in [2.45, 2.75) is 0 Å². The van der Waals surface area contributed by atoms with Gasteiger partial charge in [-0.25, -0.2) is 4.39 Å². The van der Waals surface area contributed by atoms with E-state index >= 15 is 0 Å². The normalized spacial score (nSPS) is 10.3. The molecule has 0 unspecified atom stereocenters. The molecule has 2 N–H and O–H groups in total. The Balaban J connectivity index is 2.25. The molecule has 2 aromatic rings. The number of phenols is 1. The summed E-state index contributed by atoms with van der Waals surface area (Å²) in [5, 5.41) is 12.5. The quantitative estimate of drug-likeness (QED) is 0.877. The molecule has 3 nitrogen and oxygen atoms in total. The van der Waals surface area contributed by atoms with Gasteiger partial charge in [0.1, 0.15) is 11.6 Å². The molecular weight excluding hydrogens is 292 g/mol. The average Bonchev–Trinajstić information content (AvgIpc) is 2.32. The van der Waals surface area contributed by atoms with Gasteiger partial charge in [0.2, 0.25) is 0 Å². The second-order valence-electron chi connectivity index (χ2n) is 3.74. The van der Waals surface area contributed by atoms with Gasteiger partial charge in [-0.2, -0.15) is 0 Å². The molecule has 0 saturated carbocycles. The number of hydrogen-bond donors (Lipinski definition) is 2. The van der Waals surface area contributed by atoms with Crippen molar-refractivity contribution in [1.82, 2.24) is 0 Å². The molecule has 19 heavy (non-hydrogen) atoms. The third kappa shape index (κ3) is 3.16. The maximum absolute atomic E-state index is 13.5. The second kappa shape index (κ2) is 5.47. The van der Waals surface area contributed by atoms with E-state index in [9.17, 15) is 14.3 Å².